The van der Waals surface area contributed by atoms with E-state index in [4.69, 9.17) is 0 Å². The van der Waals surface area contributed by atoms with Gasteiger partial charge < -0.3 is 4.74 Å². The summed E-state index contributed by atoms with van der Waals surface area (Å²) in [7, 11) is 0. The number of halogens is 1. The van der Waals surface area contributed by atoms with Crippen molar-refractivity contribution in [1.82, 2.24) is 9.38 Å². The van der Waals surface area contributed by atoms with E-state index >= 15 is 0 Å². The molecule has 0 aliphatic heterocycles. The molecule has 2 aromatic heterocycles. The zero-order valence-electron chi connectivity index (χ0n) is 14.9. The van der Waals surface area contributed by atoms with Crippen molar-refractivity contribution in [3.8, 4) is 11.8 Å². The number of fused-ring (bicyclic) bond motifs is 1. The topological polar surface area (TPSA) is 77.7 Å². The Morgan fingerprint density at radius 1 is 1.18 bits per heavy atom. The van der Waals surface area contributed by atoms with E-state index in [1.807, 2.05) is 0 Å². The molecule has 0 aliphatic carbocycles. The Morgan fingerprint density at radius 2 is 1.93 bits per heavy atom. The number of rotatable bonds is 3. The second-order valence-electron chi connectivity index (χ2n) is 5.89. The number of carbonyl (C=O) groups excluding carboxylic acids is 2. The van der Waals surface area contributed by atoms with Crippen LogP contribution in [-0.4, -0.2) is 21.3 Å². The summed E-state index contributed by atoms with van der Waals surface area (Å²) in [6.07, 6.45) is 3.11. The molecule has 6 nitrogen and oxygen atoms in total. The second-order valence-corrected chi connectivity index (χ2v) is 5.89. The van der Waals surface area contributed by atoms with Crippen molar-refractivity contribution in [1.29, 1.82) is 0 Å². The molecule has 0 N–H and O–H groups in total. The highest BCUT2D eigenvalue weighted by atomic mass is 19.1. The fourth-order valence-corrected chi connectivity index (χ4v) is 2.42. The first kappa shape index (κ1) is 19.0. The lowest BCUT2D eigenvalue weighted by atomic mass is 10.2. The molecule has 2 heterocycles. The fourth-order valence-electron chi connectivity index (χ4n) is 2.42. The summed E-state index contributed by atoms with van der Waals surface area (Å²) in [6, 6.07) is 9.01. The van der Waals surface area contributed by atoms with Gasteiger partial charge in [0.25, 0.3) is 5.56 Å². The van der Waals surface area contributed by atoms with Crippen LogP contribution in [0.2, 0.25) is 0 Å². The largest absolute Gasteiger partial charge is 0.389 e. The summed E-state index contributed by atoms with van der Waals surface area (Å²) in [5, 5.41) is 0. The van der Waals surface area contributed by atoms with Gasteiger partial charge in [-0.25, -0.2) is 14.2 Å². The zero-order valence-corrected chi connectivity index (χ0v) is 14.9. The predicted octanol–water partition coefficient (Wildman–Crippen LogP) is 2.72. The number of benzene rings is 1. The van der Waals surface area contributed by atoms with E-state index in [1.54, 1.807) is 31.2 Å². The van der Waals surface area contributed by atoms with Crippen molar-refractivity contribution in [3.63, 3.8) is 0 Å². The van der Waals surface area contributed by atoms with Crippen LogP contribution in [0.25, 0.3) is 5.65 Å². The lowest BCUT2D eigenvalue weighted by Crippen LogP contribution is -2.25. The van der Waals surface area contributed by atoms with Crippen LogP contribution in [0.15, 0.2) is 53.6 Å². The normalized spacial score (nSPS) is 10.2. The number of nitrogens with zero attached hydrogens (tertiary/aromatic N) is 2. The zero-order chi connectivity index (χ0) is 20.1. The smallest absolute Gasteiger partial charge is 0.353 e. The second kappa shape index (κ2) is 8.27. The van der Waals surface area contributed by atoms with Crippen LogP contribution in [0, 0.1) is 17.7 Å². The third-order valence-corrected chi connectivity index (χ3v) is 3.77. The van der Waals surface area contributed by atoms with Gasteiger partial charge in [-0.1, -0.05) is 24.8 Å². The Hall–Kier alpha value is -3.79. The van der Waals surface area contributed by atoms with Crippen molar-refractivity contribution < 1.29 is 18.7 Å². The van der Waals surface area contributed by atoms with E-state index in [1.165, 1.54) is 18.3 Å². The van der Waals surface area contributed by atoms with Gasteiger partial charge in [0, 0.05) is 29.9 Å². The number of aromatic nitrogens is 2. The molecule has 7 heteroatoms. The quantitative estimate of drug-likeness (QED) is 0.398. The molecule has 140 valence electrons. The lowest BCUT2D eigenvalue weighted by molar-refractivity contribution is -0.138. The SMILES string of the molecule is CCCC(=O)OC(=O)c1cnc2cc(C#Cc3cccc(F)c3)ccn2c1=O. The number of hydrogen-bond donors (Lipinski definition) is 0. The lowest BCUT2D eigenvalue weighted by Gasteiger charge is -2.04. The predicted molar refractivity (Wildman–Crippen MR) is 99.2 cm³/mol. The minimum absolute atomic E-state index is 0.0847. The highest BCUT2D eigenvalue weighted by molar-refractivity contribution is 5.96. The van der Waals surface area contributed by atoms with Crippen LogP contribution in [0.3, 0.4) is 0 Å². The first-order chi connectivity index (χ1) is 13.5. The van der Waals surface area contributed by atoms with E-state index in [9.17, 15) is 18.8 Å². The van der Waals surface area contributed by atoms with Gasteiger partial charge in [-0.05, 0) is 36.8 Å². The van der Waals surface area contributed by atoms with Crippen molar-refractivity contribution in [2.75, 3.05) is 0 Å². The van der Waals surface area contributed by atoms with Gasteiger partial charge in [0.1, 0.15) is 17.0 Å². The van der Waals surface area contributed by atoms with Crippen LogP contribution < -0.4 is 5.56 Å². The van der Waals surface area contributed by atoms with Gasteiger partial charge in [-0.15, -0.1) is 0 Å². The summed E-state index contributed by atoms with van der Waals surface area (Å²) in [6.45, 7) is 1.77. The van der Waals surface area contributed by atoms with Crippen LogP contribution in [0.5, 0.6) is 0 Å². The van der Waals surface area contributed by atoms with Crippen LogP contribution in [-0.2, 0) is 9.53 Å². The van der Waals surface area contributed by atoms with Gasteiger partial charge in [0.2, 0.25) is 0 Å². The van der Waals surface area contributed by atoms with E-state index in [-0.39, 0.29) is 23.4 Å². The molecule has 1 aromatic carbocycles. The summed E-state index contributed by atoms with van der Waals surface area (Å²) < 4.78 is 19.0. The Morgan fingerprint density at radius 3 is 2.64 bits per heavy atom. The van der Waals surface area contributed by atoms with E-state index in [0.29, 0.717) is 17.5 Å². The van der Waals surface area contributed by atoms with Gasteiger partial charge in [0.05, 0.1) is 0 Å². The minimum Gasteiger partial charge on any atom is -0.389 e. The first-order valence-electron chi connectivity index (χ1n) is 8.52. The average molecular weight is 378 g/mol. The average Bonchev–Trinajstić information content (AvgIpc) is 2.66. The standard InChI is InChI=1S/C21H15FN2O4/c1-2-4-19(25)28-21(27)17-13-23-18-12-15(9-10-24(18)20(17)26)8-7-14-5-3-6-16(22)11-14/h3,5-6,9-13H,2,4H2,1H3. The first-order valence-corrected chi connectivity index (χ1v) is 8.52. The van der Waals surface area contributed by atoms with Crippen LogP contribution in [0.1, 0.15) is 41.3 Å². The number of carbonyl (C=O) groups is 2. The van der Waals surface area contributed by atoms with E-state index in [2.05, 4.69) is 21.6 Å². The Kier molecular flexibility index (Phi) is 5.61. The highest BCUT2D eigenvalue weighted by Gasteiger charge is 2.18. The van der Waals surface area contributed by atoms with Crippen molar-refractivity contribution in [3.05, 3.63) is 81.7 Å². The van der Waals surface area contributed by atoms with Gasteiger partial charge in [-0.3, -0.25) is 14.0 Å². The molecule has 0 atom stereocenters. The number of hydrogen-bond acceptors (Lipinski definition) is 5. The Bertz CT molecular complexity index is 1190. The van der Waals surface area contributed by atoms with E-state index in [0.717, 1.165) is 10.6 Å². The molecule has 0 saturated carbocycles. The maximum absolute atomic E-state index is 13.2. The molecule has 0 amide bonds. The van der Waals surface area contributed by atoms with Crippen molar-refractivity contribution in [2.24, 2.45) is 0 Å². The van der Waals surface area contributed by atoms with Crippen molar-refractivity contribution in [2.45, 2.75) is 19.8 Å². The minimum atomic E-state index is -1.03. The molecular formula is C21H15FN2O4. The molecule has 3 aromatic rings. The molecule has 3 rings (SSSR count). The van der Waals surface area contributed by atoms with E-state index < -0.39 is 17.5 Å². The van der Waals surface area contributed by atoms with Crippen LogP contribution in [0.4, 0.5) is 4.39 Å². The highest BCUT2D eigenvalue weighted by Crippen LogP contribution is 2.06. The molecule has 0 bridgehead atoms. The van der Waals surface area contributed by atoms with Crippen molar-refractivity contribution >= 4 is 17.6 Å². The summed E-state index contributed by atoms with van der Waals surface area (Å²) >= 11 is 0. The third kappa shape index (κ3) is 4.30. The number of pyridine rings is 1. The third-order valence-electron chi connectivity index (χ3n) is 3.77. The van der Waals surface area contributed by atoms with Crippen LogP contribution >= 0.6 is 0 Å². The summed E-state index contributed by atoms with van der Waals surface area (Å²) in [5.41, 5.74) is 0.363. The monoisotopic (exact) mass is 378 g/mol. The maximum Gasteiger partial charge on any atom is 0.353 e. The molecule has 28 heavy (non-hydrogen) atoms. The summed E-state index contributed by atoms with van der Waals surface area (Å²) in [4.78, 5) is 40.0. The van der Waals surface area contributed by atoms with Gasteiger partial charge in [-0.2, -0.15) is 0 Å². The Labute approximate surface area is 159 Å². The number of ether oxygens (including phenoxy) is 1. The van der Waals surface area contributed by atoms with Gasteiger partial charge in [0.15, 0.2) is 0 Å². The molecule has 0 radical (unpaired) electrons. The Balaban J connectivity index is 1.90. The molecule has 0 fully saturated rings. The maximum atomic E-state index is 13.2. The van der Waals surface area contributed by atoms with Gasteiger partial charge >= 0.3 is 11.9 Å². The fraction of sp³-hybridized carbons (Fsp3) is 0.143. The molecule has 0 aliphatic rings. The molecule has 0 saturated heterocycles. The number of esters is 2. The molecular weight excluding hydrogens is 363 g/mol. The molecule has 0 unspecified atom stereocenters. The summed E-state index contributed by atoms with van der Waals surface area (Å²) in [5.74, 6) is 3.60. The molecule has 0 spiro atoms.